The number of hydrogen-bond donors (Lipinski definition) is 1. The Morgan fingerprint density at radius 1 is 1.07 bits per heavy atom. The van der Waals surface area contributed by atoms with Gasteiger partial charge in [-0.1, -0.05) is 12.1 Å². The van der Waals surface area contributed by atoms with E-state index in [1.165, 1.54) is 24.3 Å². The maximum atomic E-state index is 13.9. The average molecular weight is 382 g/mol. The van der Waals surface area contributed by atoms with Gasteiger partial charge in [-0.3, -0.25) is 14.7 Å². The molecule has 0 spiro atoms. The van der Waals surface area contributed by atoms with Crippen LogP contribution < -0.4 is 5.56 Å². The zero-order valence-electron chi connectivity index (χ0n) is 15.2. The highest BCUT2D eigenvalue weighted by atomic mass is 19.1. The molecule has 1 fully saturated rings. The van der Waals surface area contributed by atoms with Crippen molar-refractivity contribution in [2.45, 2.75) is 25.3 Å². The SMILES string of the molecule is O=c1cc(C2CCN(Cc3c(F)cccc3F)CC2)nc(-c2ccccn2)[nH]1. The highest BCUT2D eigenvalue weighted by Gasteiger charge is 2.24. The molecule has 0 radical (unpaired) electrons. The standard InChI is InChI=1S/C21H20F2N4O/c22-16-4-3-5-17(23)15(16)13-27-10-7-14(8-11-27)19-12-20(28)26-21(25-19)18-6-1-2-9-24-18/h1-6,9,12,14H,7-8,10-11,13H2,(H,25,26,28). The van der Waals surface area contributed by atoms with Crippen molar-refractivity contribution in [2.75, 3.05) is 13.1 Å². The molecule has 1 aromatic carbocycles. The number of aromatic nitrogens is 3. The minimum atomic E-state index is -0.515. The van der Waals surface area contributed by atoms with Crippen LogP contribution in [0.3, 0.4) is 0 Å². The Morgan fingerprint density at radius 3 is 2.50 bits per heavy atom. The quantitative estimate of drug-likeness (QED) is 0.750. The molecule has 1 aliphatic rings. The first-order valence-electron chi connectivity index (χ1n) is 9.28. The largest absolute Gasteiger partial charge is 0.305 e. The molecule has 144 valence electrons. The summed E-state index contributed by atoms with van der Waals surface area (Å²) in [6, 6.07) is 10.9. The maximum absolute atomic E-state index is 13.9. The van der Waals surface area contributed by atoms with E-state index in [9.17, 15) is 13.6 Å². The number of nitrogens with zero attached hydrogens (tertiary/aromatic N) is 3. The predicted molar refractivity (Wildman–Crippen MR) is 102 cm³/mol. The molecule has 1 N–H and O–H groups in total. The summed E-state index contributed by atoms with van der Waals surface area (Å²) in [6.07, 6.45) is 3.20. The van der Waals surface area contributed by atoms with E-state index in [2.05, 4.69) is 15.0 Å². The third kappa shape index (κ3) is 3.99. The van der Waals surface area contributed by atoms with Gasteiger partial charge in [0.05, 0.1) is 5.69 Å². The van der Waals surface area contributed by atoms with Crippen molar-refractivity contribution in [3.8, 4) is 11.5 Å². The number of hydrogen-bond acceptors (Lipinski definition) is 4. The minimum absolute atomic E-state index is 0.104. The average Bonchev–Trinajstić information content (AvgIpc) is 2.71. The third-order valence-corrected chi connectivity index (χ3v) is 5.12. The van der Waals surface area contributed by atoms with Crippen LogP contribution in [0.25, 0.3) is 11.5 Å². The number of pyridine rings is 1. The number of nitrogens with one attached hydrogen (secondary N) is 1. The minimum Gasteiger partial charge on any atom is -0.305 e. The number of halogens is 2. The van der Waals surface area contributed by atoms with E-state index in [0.717, 1.165) is 18.5 Å². The molecule has 0 aliphatic carbocycles. The van der Waals surface area contributed by atoms with Gasteiger partial charge in [0.2, 0.25) is 0 Å². The maximum Gasteiger partial charge on any atom is 0.251 e. The second-order valence-electron chi connectivity index (χ2n) is 6.98. The Labute approximate surface area is 161 Å². The van der Waals surface area contributed by atoms with E-state index in [1.54, 1.807) is 18.3 Å². The molecule has 1 aliphatic heterocycles. The molecular weight excluding hydrogens is 362 g/mol. The van der Waals surface area contributed by atoms with Crippen LogP contribution in [-0.2, 0) is 6.54 Å². The molecule has 0 bridgehead atoms. The molecule has 3 aromatic rings. The van der Waals surface area contributed by atoms with Crippen LogP contribution in [0.4, 0.5) is 8.78 Å². The summed E-state index contributed by atoms with van der Waals surface area (Å²) < 4.78 is 27.8. The van der Waals surface area contributed by atoms with Gasteiger partial charge >= 0.3 is 0 Å². The van der Waals surface area contributed by atoms with Gasteiger partial charge in [0.1, 0.15) is 17.3 Å². The second-order valence-corrected chi connectivity index (χ2v) is 6.98. The number of benzene rings is 1. The third-order valence-electron chi connectivity index (χ3n) is 5.12. The summed E-state index contributed by atoms with van der Waals surface area (Å²) in [4.78, 5) is 25.7. The Bertz CT molecular complexity index is 994. The van der Waals surface area contributed by atoms with Crippen LogP contribution in [0, 0.1) is 11.6 Å². The van der Waals surface area contributed by atoms with Crippen LogP contribution in [0.2, 0.25) is 0 Å². The van der Waals surface area contributed by atoms with Crippen molar-refractivity contribution in [3.05, 3.63) is 81.9 Å². The Morgan fingerprint density at radius 2 is 1.82 bits per heavy atom. The van der Waals surface area contributed by atoms with E-state index in [0.29, 0.717) is 24.6 Å². The van der Waals surface area contributed by atoms with Gasteiger partial charge in [0.25, 0.3) is 5.56 Å². The highest BCUT2D eigenvalue weighted by Crippen LogP contribution is 2.28. The van der Waals surface area contributed by atoms with Crippen LogP contribution in [0.15, 0.2) is 53.5 Å². The number of likely N-dealkylation sites (tertiary alicyclic amines) is 1. The highest BCUT2D eigenvalue weighted by molar-refractivity contribution is 5.48. The first-order chi connectivity index (χ1) is 13.6. The van der Waals surface area contributed by atoms with E-state index in [4.69, 9.17) is 0 Å². The molecule has 0 saturated carbocycles. The first kappa shape index (κ1) is 18.4. The first-order valence-corrected chi connectivity index (χ1v) is 9.28. The number of rotatable bonds is 4. The fraction of sp³-hybridized carbons (Fsp3) is 0.286. The Balaban J connectivity index is 1.47. The zero-order chi connectivity index (χ0) is 19.5. The predicted octanol–water partition coefficient (Wildman–Crippen LogP) is 3.49. The van der Waals surface area contributed by atoms with E-state index in [1.807, 2.05) is 11.0 Å². The number of piperidine rings is 1. The number of H-pyrrole nitrogens is 1. The van der Waals surface area contributed by atoms with Gasteiger partial charge in [-0.15, -0.1) is 0 Å². The van der Waals surface area contributed by atoms with Crippen molar-refractivity contribution in [1.82, 2.24) is 19.9 Å². The van der Waals surface area contributed by atoms with Gasteiger partial charge in [-0.05, 0) is 50.2 Å². The molecule has 2 aromatic heterocycles. The lowest BCUT2D eigenvalue weighted by Crippen LogP contribution is -2.33. The van der Waals surface area contributed by atoms with Gasteiger partial charge in [0, 0.05) is 30.3 Å². The van der Waals surface area contributed by atoms with E-state index >= 15 is 0 Å². The van der Waals surface area contributed by atoms with Crippen molar-refractivity contribution >= 4 is 0 Å². The molecule has 1 saturated heterocycles. The van der Waals surface area contributed by atoms with E-state index < -0.39 is 11.6 Å². The summed E-state index contributed by atoms with van der Waals surface area (Å²) in [5.41, 5.74) is 1.25. The van der Waals surface area contributed by atoms with Crippen molar-refractivity contribution in [3.63, 3.8) is 0 Å². The van der Waals surface area contributed by atoms with Gasteiger partial charge in [0.15, 0.2) is 5.82 Å². The molecule has 5 nitrogen and oxygen atoms in total. The van der Waals surface area contributed by atoms with Crippen LogP contribution in [-0.4, -0.2) is 32.9 Å². The topological polar surface area (TPSA) is 61.9 Å². The Kier molecular flexibility index (Phi) is 5.25. The molecule has 3 heterocycles. The van der Waals surface area contributed by atoms with Crippen LogP contribution in [0.5, 0.6) is 0 Å². The van der Waals surface area contributed by atoms with Crippen LogP contribution >= 0.6 is 0 Å². The van der Waals surface area contributed by atoms with Crippen LogP contribution in [0.1, 0.15) is 30.0 Å². The van der Waals surface area contributed by atoms with Crippen molar-refractivity contribution in [2.24, 2.45) is 0 Å². The summed E-state index contributed by atoms with van der Waals surface area (Å²) in [7, 11) is 0. The summed E-state index contributed by atoms with van der Waals surface area (Å²) in [5.74, 6) is -0.442. The molecule has 7 heteroatoms. The van der Waals surface area contributed by atoms with Crippen molar-refractivity contribution in [1.29, 1.82) is 0 Å². The summed E-state index contributed by atoms with van der Waals surface area (Å²) in [5, 5.41) is 0. The lowest BCUT2D eigenvalue weighted by Gasteiger charge is -2.31. The van der Waals surface area contributed by atoms with Crippen molar-refractivity contribution < 1.29 is 8.78 Å². The lowest BCUT2D eigenvalue weighted by atomic mass is 9.93. The summed E-state index contributed by atoms with van der Waals surface area (Å²) in [6.45, 7) is 1.62. The normalized spacial score (nSPS) is 15.6. The smallest absolute Gasteiger partial charge is 0.251 e. The molecule has 28 heavy (non-hydrogen) atoms. The molecular formula is C21H20F2N4O. The lowest BCUT2D eigenvalue weighted by molar-refractivity contribution is 0.198. The molecule has 0 atom stereocenters. The fourth-order valence-electron chi connectivity index (χ4n) is 3.60. The molecule has 0 unspecified atom stereocenters. The van der Waals surface area contributed by atoms with Gasteiger partial charge < -0.3 is 4.98 Å². The monoisotopic (exact) mass is 382 g/mol. The number of aromatic amines is 1. The van der Waals surface area contributed by atoms with Gasteiger partial charge in [-0.25, -0.2) is 13.8 Å². The van der Waals surface area contributed by atoms with E-state index in [-0.39, 0.29) is 23.6 Å². The molecule has 4 rings (SSSR count). The molecule has 0 amide bonds. The summed E-state index contributed by atoms with van der Waals surface area (Å²) >= 11 is 0. The zero-order valence-corrected chi connectivity index (χ0v) is 15.2. The second kappa shape index (κ2) is 7.98. The fourth-order valence-corrected chi connectivity index (χ4v) is 3.60. The van der Waals surface area contributed by atoms with Gasteiger partial charge in [-0.2, -0.15) is 0 Å². The Hall–Kier alpha value is -2.93.